The number of nitrogens with zero attached hydrogens (tertiary/aromatic N) is 3. The number of aromatic nitrogens is 3. The number of aryl methyl sites for hydroxylation is 1. The number of amides is 1. The van der Waals surface area contributed by atoms with Crippen LogP contribution in [0.2, 0.25) is 0 Å². The van der Waals surface area contributed by atoms with Crippen LogP contribution in [0.15, 0.2) is 42.5 Å². The fraction of sp³-hybridized carbons (Fsp3) is 0.0714. The summed E-state index contributed by atoms with van der Waals surface area (Å²) in [5.74, 6) is -0.546. The van der Waals surface area contributed by atoms with Gasteiger partial charge in [-0.3, -0.25) is 10.1 Å². The van der Waals surface area contributed by atoms with E-state index in [1.54, 1.807) is 10.6 Å². The van der Waals surface area contributed by atoms with Crippen molar-refractivity contribution in [2.24, 2.45) is 0 Å². The van der Waals surface area contributed by atoms with E-state index in [0.717, 1.165) is 5.69 Å². The molecule has 0 aliphatic heterocycles. The van der Waals surface area contributed by atoms with Gasteiger partial charge in [0.2, 0.25) is 5.95 Å². The van der Waals surface area contributed by atoms with Gasteiger partial charge in [-0.05, 0) is 43.3 Å². The molecule has 1 aromatic carbocycles. The molecule has 1 amide bonds. The highest BCUT2D eigenvalue weighted by atomic mass is 19.1. The second-order valence-electron chi connectivity index (χ2n) is 4.33. The fourth-order valence-electron chi connectivity index (χ4n) is 1.86. The third-order valence-corrected chi connectivity index (χ3v) is 2.88. The minimum absolute atomic E-state index is 0.216. The van der Waals surface area contributed by atoms with E-state index in [-0.39, 0.29) is 17.7 Å². The lowest BCUT2D eigenvalue weighted by Crippen LogP contribution is -2.13. The number of carbonyl (C=O) groups excluding carboxylic acids is 1. The monoisotopic (exact) mass is 270 g/mol. The van der Waals surface area contributed by atoms with Gasteiger partial charge in [0.1, 0.15) is 5.82 Å². The molecule has 0 aliphatic rings. The Morgan fingerprint density at radius 3 is 2.65 bits per heavy atom. The second kappa shape index (κ2) is 4.73. The van der Waals surface area contributed by atoms with Gasteiger partial charge in [-0.25, -0.2) is 8.91 Å². The quantitative estimate of drug-likeness (QED) is 0.778. The molecule has 0 saturated carbocycles. The van der Waals surface area contributed by atoms with Gasteiger partial charge in [-0.15, -0.1) is 5.10 Å². The Labute approximate surface area is 114 Å². The number of hydrogen-bond acceptors (Lipinski definition) is 3. The van der Waals surface area contributed by atoms with Crippen LogP contribution in [0, 0.1) is 12.7 Å². The topological polar surface area (TPSA) is 59.3 Å². The molecule has 5 nitrogen and oxygen atoms in total. The summed E-state index contributed by atoms with van der Waals surface area (Å²) in [5.41, 5.74) is 1.92. The molecule has 0 radical (unpaired) electrons. The van der Waals surface area contributed by atoms with Gasteiger partial charge in [0.25, 0.3) is 5.91 Å². The highest BCUT2D eigenvalue weighted by Gasteiger charge is 2.10. The number of carbonyl (C=O) groups is 1. The summed E-state index contributed by atoms with van der Waals surface area (Å²) in [6.45, 7) is 1.90. The number of benzene rings is 1. The standard InChI is InChI=1S/C14H11FN4O/c1-9-3-2-4-12-16-14(18-19(9)12)17-13(20)10-5-7-11(15)8-6-10/h2-8H,1H3,(H,17,18,20). The summed E-state index contributed by atoms with van der Waals surface area (Å²) in [7, 11) is 0. The predicted molar refractivity (Wildman–Crippen MR) is 72.1 cm³/mol. The number of hydrogen-bond donors (Lipinski definition) is 1. The Kier molecular flexibility index (Phi) is 2.90. The predicted octanol–water partition coefficient (Wildman–Crippen LogP) is 2.43. The Morgan fingerprint density at radius 1 is 1.20 bits per heavy atom. The molecule has 0 fully saturated rings. The van der Waals surface area contributed by atoms with Crippen LogP contribution in [-0.2, 0) is 0 Å². The van der Waals surface area contributed by atoms with Crippen LogP contribution in [0.5, 0.6) is 0 Å². The van der Waals surface area contributed by atoms with Crippen molar-refractivity contribution >= 4 is 17.5 Å². The lowest BCUT2D eigenvalue weighted by Gasteiger charge is -2.00. The Hall–Kier alpha value is -2.76. The van der Waals surface area contributed by atoms with Crippen molar-refractivity contribution in [3.8, 4) is 0 Å². The molecule has 0 saturated heterocycles. The van der Waals surface area contributed by atoms with Crippen molar-refractivity contribution in [3.63, 3.8) is 0 Å². The maximum atomic E-state index is 12.8. The Balaban J connectivity index is 1.87. The van der Waals surface area contributed by atoms with E-state index < -0.39 is 0 Å². The van der Waals surface area contributed by atoms with Gasteiger partial charge >= 0.3 is 0 Å². The number of rotatable bonds is 2. The molecular formula is C14H11FN4O. The van der Waals surface area contributed by atoms with Gasteiger partial charge < -0.3 is 0 Å². The summed E-state index contributed by atoms with van der Waals surface area (Å²) in [4.78, 5) is 16.2. The molecule has 3 aromatic rings. The molecule has 0 spiro atoms. The maximum Gasteiger partial charge on any atom is 0.258 e. The second-order valence-corrected chi connectivity index (χ2v) is 4.33. The van der Waals surface area contributed by atoms with E-state index in [9.17, 15) is 9.18 Å². The van der Waals surface area contributed by atoms with Gasteiger partial charge in [-0.1, -0.05) is 6.07 Å². The summed E-state index contributed by atoms with van der Waals surface area (Å²) in [6, 6.07) is 10.8. The van der Waals surface area contributed by atoms with Crippen LogP contribution in [0.3, 0.4) is 0 Å². The first kappa shape index (κ1) is 12.3. The highest BCUT2D eigenvalue weighted by Crippen LogP contribution is 2.10. The van der Waals surface area contributed by atoms with E-state index in [4.69, 9.17) is 0 Å². The molecule has 1 N–H and O–H groups in total. The van der Waals surface area contributed by atoms with E-state index in [1.807, 2.05) is 19.1 Å². The summed E-state index contributed by atoms with van der Waals surface area (Å²) >= 11 is 0. The molecule has 20 heavy (non-hydrogen) atoms. The minimum Gasteiger partial charge on any atom is -0.289 e. The zero-order valence-corrected chi connectivity index (χ0v) is 10.7. The summed E-state index contributed by atoms with van der Waals surface area (Å²) in [6.07, 6.45) is 0. The first-order valence-corrected chi connectivity index (χ1v) is 6.03. The molecule has 2 heterocycles. The normalized spacial score (nSPS) is 10.7. The Morgan fingerprint density at radius 2 is 1.95 bits per heavy atom. The van der Waals surface area contributed by atoms with Crippen LogP contribution in [0.1, 0.15) is 16.1 Å². The summed E-state index contributed by atoms with van der Waals surface area (Å²) in [5, 5.41) is 6.78. The largest absolute Gasteiger partial charge is 0.289 e. The van der Waals surface area contributed by atoms with Crippen LogP contribution in [0.25, 0.3) is 5.65 Å². The van der Waals surface area contributed by atoms with Crippen LogP contribution in [0.4, 0.5) is 10.3 Å². The SMILES string of the molecule is Cc1cccc2nc(NC(=O)c3ccc(F)cc3)nn12. The van der Waals surface area contributed by atoms with E-state index in [1.165, 1.54) is 24.3 Å². The van der Waals surface area contributed by atoms with Gasteiger partial charge in [-0.2, -0.15) is 4.98 Å². The molecule has 0 atom stereocenters. The average Bonchev–Trinajstić information content (AvgIpc) is 2.83. The first-order valence-electron chi connectivity index (χ1n) is 6.03. The van der Waals surface area contributed by atoms with Gasteiger partial charge in [0, 0.05) is 11.3 Å². The zero-order valence-electron chi connectivity index (χ0n) is 10.7. The van der Waals surface area contributed by atoms with Gasteiger partial charge in [0.15, 0.2) is 5.65 Å². The highest BCUT2D eigenvalue weighted by molar-refractivity contribution is 6.03. The summed E-state index contributed by atoms with van der Waals surface area (Å²) < 4.78 is 14.4. The third kappa shape index (κ3) is 2.23. The molecule has 0 bridgehead atoms. The van der Waals surface area contributed by atoms with Crippen molar-refractivity contribution in [2.45, 2.75) is 6.92 Å². The molecule has 0 aliphatic carbocycles. The zero-order chi connectivity index (χ0) is 14.1. The Bertz CT molecular complexity index is 779. The molecule has 6 heteroatoms. The van der Waals surface area contributed by atoms with Crippen molar-refractivity contribution in [1.82, 2.24) is 14.6 Å². The van der Waals surface area contributed by atoms with Crippen molar-refractivity contribution in [2.75, 3.05) is 5.32 Å². The average molecular weight is 270 g/mol. The van der Waals surface area contributed by atoms with Crippen LogP contribution >= 0.6 is 0 Å². The van der Waals surface area contributed by atoms with Crippen LogP contribution < -0.4 is 5.32 Å². The lowest BCUT2D eigenvalue weighted by molar-refractivity contribution is 0.102. The molecule has 2 aromatic heterocycles. The lowest BCUT2D eigenvalue weighted by atomic mass is 10.2. The molecule has 100 valence electrons. The maximum absolute atomic E-state index is 12.8. The molecular weight excluding hydrogens is 259 g/mol. The smallest absolute Gasteiger partial charge is 0.258 e. The number of halogens is 1. The number of fused-ring (bicyclic) bond motifs is 1. The molecule has 0 unspecified atom stereocenters. The van der Waals surface area contributed by atoms with Gasteiger partial charge in [0.05, 0.1) is 0 Å². The van der Waals surface area contributed by atoms with Crippen molar-refractivity contribution in [1.29, 1.82) is 0 Å². The minimum atomic E-state index is -0.386. The number of anilines is 1. The first-order chi connectivity index (χ1) is 9.63. The number of pyridine rings is 1. The van der Waals surface area contributed by atoms with E-state index in [0.29, 0.717) is 11.2 Å². The third-order valence-electron chi connectivity index (χ3n) is 2.88. The van der Waals surface area contributed by atoms with Crippen LogP contribution in [-0.4, -0.2) is 20.5 Å². The fourth-order valence-corrected chi connectivity index (χ4v) is 1.86. The van der Waals surface area contributed by atoms with E-state index in [2.05, 4.69) is 15.4 Å². The number of nitrogens with one attached hydrogen (secondary N) is 1. The molecule has 3 rings (SSSR count). The van der Waals surface area contributed by atoms with E-state index >= 15 is 0 Å². The van der Waals surface area contributed by atoms with Crippen molar-refractivity contribution < 1.29 is 9.18 Å². The van der Waals surface area contributed by atoms with Crippen molar-refractivity contribution in [3.05, 3.63) is 59.5 Å².